The molecule has 20 heavy (non-hydrogen) atoms. The van der Waals surface area contributed by atoms with E-state index in [2.05, 4.69) is 5.32 Å². The molecule has 0 heterocycles. The van der Waals surface area contributed by atoms with Crippen molar-refractivity contribution in [3.05, 3.63) is 29.6 Å². The fourth-order valence-corrected chi connectivity index (χ4v) is 1.47. The Hall–Kier alpha value is -2.62. The first-order valence-electron chi connectivity index (χ1n) is 5.79. The molecule has 1 aromatic carbocycles. The Morgan fingerprint density at radius 3 is 2.70 bits per heavy atom. The fourth-order valence-electron chi connectivity index (χ4n) is 1.47. The summed E-state index contributed by atoms with van der Waals surface area (Å²) in [5, 5.41) is 19.8. The molecular formula is C13H14FN3O3. The molecule has 0 spiro atoms. The SMILES string of the molecule is CC(CN(C)C(=O)Nc1ccc(C#N)c(F)c1)C(=O)O. The van der Waals surface area contributed by atoms with Gasteiger partial charge in [-0.05, 0) is 18.2 Å². The van der Waals surface area contributed by atoms with Crippen LogP contribution in [0.5, 0.6) is 0 Å². The van der Waals surface area contributed by atoms with E-state index in [0.29, 0.717) is 0 Å². The maximum Gasteiger partial charge on any atom is 0.321 e. The van der Waals surface area contributed by atoms with E-state index in [0.717, 1.165) is 6.07 Å². The first-order valence-corrected chi connectivity index (χ1v) is 5.79. The third-order valence-corrected chi connectivity index (χ3v) is 2.66. The lowest BCUT2D eigenvalue weighted by atomic mass is 10.2. The van der Waals surface area contributed by atoms with E-state index in [9.17, 15) is 14.0 Å². The van der Waals surface area contributed by atoms with Crippen LogP contribution in [-0.2, 0) is 4.79 Å². The third kappa shape index (κ3) is 3.95. The van der Waals surface area contributed by atoms with Crippen molar-refractivity contribution in [2.24, 2.45) is 5.92 Å². The number of carbonyl (C=O) groups is 2. The molecule has 2 N–H and O–H groups in total. The van der Waals surface area contributed by atoms with Gasteiger partial charge in [0.25, 0.3) is 0 Å². The van der Waals surface area contributed by atoms with Crippen LogP contribution in [0.3, 0.4) is 0 Å². The van der Waals surface area contributed by atoms with Crippen LogP contribution in [0.4, 0.5) is 14.9 Å². The Kier molecular flexibility index (Phi) is 5.03. The second kappa shape index (κ2) is 6.52. The Morgan fingerprint density at radius 1 is 1.55 bits per heavy atom. The second-order valence-corrected chi connectivity index (χ2v) is 4.36. The van der Waals surface area contributed by atoms with Gasteiger partial charge in [0.05, 0.1) is 11.5 Å². The molecule has 0 fully saturated rings. The summed E-state index contributed by atoms with van der Waals surface area (Å²) in [5.74, 6) is -2.44. The smallest absolute Gasteiger partial charge is 0.321 e. The van der Waals surface area contributed by atoms with Crippen molar-refractivity contribution >= 4 is 17.7 Å². The van der Waals surface area contributed by atoms with Gasteiger partial charge in [-0.2, -0.15) is 5.26 Å². The molecule has 0 aliphatic rings. The minimum Gasteiger partial charge on any atom is -0.481 e. The number of hydrogen-bond acceptors (Lipinski definition) is 3. The summed E-state index contributed by atoms with van der Waals surface area (Å²) >= 11 is 0. The van der Waals surface area contributed by atoms with Crippen molar-refractivity contribution in [2.75, 3.05) is 18.9 Å². The van der Waals surface area contributed by atoms with Crippen LogP contribution in [0.1, 0.15) is 12.5 Å². The van der Waals surface area contributed by atoms with Gasteiger partial charge in [0, 0.05) is 19.3 Å². The first kappa shape index (κ1) is 15.4. The summed E-state index contributed by atoms with van der Waals surface area (Å²) < 4.78 is 13.4. The highest BCUT2D eigenvalue weighted by atomic mass is 19.1. The van der Waals surface area contributed by atoms with Crippen LogP contribution < -0.4 is 5.32 Å². The van der Waals surface area contributed by atoms with Gasteiger partial charge in [-0.15, -0.1) is 0 Å². The number of anilines is 1. The average Bonchev–Trinajstić information content (AvgIpc) is 2.38. The number of amides is 2. The lowest BCUT2D eigenvalue weighted by Crippen LogP contribution is -2.36. The number of aliphatic carboxylic acids is 1. The number of rotatable bonds is 4. The van der Waals surface area contributed by atoms with Crippen LogP contribution in [0, 0.1) is 23.1 Å². The molecule has 0 aliphatic heterocycles. The van der Waals surface area contributed by atoms with Gasteiger partial charge < -0.3 is 15.3 Å². The van der Waals surface area contributed by atoms with Crippen molar-refractivity contribution in [3.8, 4) is 6.07 Å². The molecule has 2 amide bonds. The van der Waals surface area contributed by atoms with Gasteiger partial charge in [-0.25, -0.2) is 9.18 Å². The molecule has 0 saturated carbocycles. The quantitative estimate of drug-likeness (QED) is 0.880. The Labute approximate surface area is 115 Å². The molecule has 0 aromatic heterocycles. The summed E-state index contributed by atoms with van der Waals surface area (Å²) in [6.45, 7) is 1.51. The standard InChI is InChI=1S/C13H14FN3O3/c1-8(12(18)19)7-17(2)13(20)16-10-4-3-9(6-15)11(14)5-10/h3-5,8H,7H2,1-2H3,(H,16,20)(H,18,19). The highest BCUT2D eigenvalue weighted by molar-refractivity contribution is 5.89. The third-order valence-electron chi connectivity index (χ3n) is 2.66. The predicted octanol–water partition coefficient (Wildman–Crippen LogP) is 1.88. The van der Waals surface area contributed by atoms with Crippen LogP contribution >= 0.6 is 0 Å². The van der Waals surface area contributed by atoms with E-state index in [1.165, 1.54) is 31.0 Å². The lowest BCUT2D eigenvalue weighted by Gasteiger charge is -2.20. The zero-order valence-corrected chi connectivity index (χ0v) is 11.1. The molecule has 1 unspecified atom stereocenters. The molecule has 7 heteroatoms. The van der Waals surface area contributed by atoms with Crippen molar-refractivity contribution < 1.29 is 19.1 Å². The van der Waals surface area contributed by atoms with Gasteiger partial charge in [0.2, 0.25) is 0 Å². The van der Waals surface area contributed by atoms with E-state index in [4.69, 9.17) is 10.4 Å². The number of carboxylic acid groups (broad SMARTS) is 1. The van der Waals surface area contributed by atoms with E-state index in [1.54, 1.807) is 6.07 Å². The number of urea groups is 1. The van der Waals surface area contributed by atoms with Crippen LogP contribution in [0.25, 0.3) is 0 Å². The van der Waals surface area contributed by atoms with Gasteiger partial charge in [-0.1, -0.05) is 6.92 Å². The largest absolute Gasteiger partial charge is 0.481 e. The van der Waals surface area contributed by atoms with Gasteiger partial charge in [0.1, 0.15) is 11.9 Å². The number of carboxylic acids is 1. The monoisotopic (exact) mass is 279 g/mol. The van der Waals surface area contributed by atoms with E-state index < -0.39 is 23.7 Å². The van der Waals surface area contributed by atoms with Crippen LogP contribution in [0.15, 0.2) is 18.2 Å². The number of nitriles is 1. The van der Waals surface area contributed by atoms with Crippen molar-refractivity contribution in [2.45, 2.75) is 6.92 Å². The van der Waals surface area contributed by atoms with Gasteiger partial charge in [-0.3, -0.25) is 4.79 Å². The summed E-state index contributed by atoms with van der Waals surface area (Å²) in [7, 11) is 1.44. The number of nitrogens with one attached hydrogen (secondary N) is 1. The lowest BCUT2D eigenvalue weighted by molar-refractivity contribution is -0.141. The zero-order chi connectivity index (χ0) is 15.3. The molecule has 0 aliphatic carbocycles. The molecule has 0 radical (unpaired) electrons. The molecule has 106 valence electrons. The number of benzene rings is 1. The minimum atomic E-state index is -1.01. The summed E-state index contributed by atoms with van der Waals surface area (Å²) in [6, 6.07) is 4.80. The maximum absolute atomic E-state index is 13.4. The molecule has 0 saturated heterocycles. The first-order chi connectivity index (χ1) is 9.35. The fraction of sp³-hybridized carbons (Fsp3) is 0.308. The number of carbonyl (C=O) groups excluding carboxylic acids is 1. The van der Waals surface area contributed by atoms with Gasteiger partial charge >= 0.3 is 12.0 Å². The normalized spacial score (nSPS) is 11.3. The number of nitrogens with zero attached hydrogens (tertiary/aromatic N) is 2. The molecule has 1 rings (SSSR count). The Bertz CT molecular complexity index is 568. The van der Waals surface area contributed by atoms with Gasteiger partial charge in [0.15, 0.2) is 0 Å². The van der Waals surface area contributed by atoms with E-state index >= 15 is 0 Å². The Balaban J connectivity index is 2.69. The molecular weight excluding hydrogens is 265 g/mol. The van der Waals surface area contributed by atoms with Crippen LogP contribution in [-0.4, -0.2) is 35.6 Å². The molecule has 6 nitrogen and oxygen atoms in total. The van der Waals surface area contributed by atoms with Crippen LogP contribution in [0.2, 0.25) is 0 Å². The Morgan fingerprint density at radius 2 is 2.20 bits per heavy atom. The number of halogens is 1. The summed E-state index contributed by atoms with van der Waals surface area (Å²) in [4.78, 5) is 23.7. The highest BCUT2D eigenvalue weighted by Gasteiger charge is 2.17. The van der Waals surface area contributed by atoms with Crippen molar-refractivity contribution in [3.63, 3.8) is 0 Å². The average molecular weight is 279 g/mol. The topological polar surface area (TPSA) is 93.4 Å². The predicted molar refractivity (Wildman–Crippen MR) is 69.6 cm³/mol. The summed E-state index contributed by atoms with van der Waals surface area (Å²) in [6.07, 6.45) is 0. The number of hydrogen-bond donors (Lipinski definition) is 2. The maximum atomic E-state index is 13.4. The second-order valence-electron chi connectivity index (χ2n) is 4.36. The molecule has 0 bridgehead atoms. The molecule has 1 aromatic rings. The minimum absolute atomic E-state index is 0.0277. The van der Waals surface area contributed by atoms with E-state index in [1.807, 2.05) is 0 Å². The van der Waals surface area contributed by atoms with Crippen molar-refractivity contribution in [1.82, 2.24) is 4.90 Å². The van der Waals surface area contributed by atoms with Crippen molar-refractivity contribution in [1.29, 1.82) is 5.26 Å². The highest BCUT2D eigenvalue weighted by Crippen LogP contribution is 2.14. The molecule has 1 atom stereocenters. The summed E-state index contributed by atoms with van der Waals surface area (Å²) in [5.41, 5.74) is 0.0807. The van der Waals surface area contributed by atoms with E-state index in [-0.39, 0.29) is 17.8 Å². The zero-order valence-electron chi connectivity index (χ0n) is 11.1.